The van der Waals surface area contributed by atoms with Gasteiger partial charge in [-0.1, -0.05) is 12.8 Å². The molecule has 1 aliphatic heterocycles. The summed E-state index contributed by atoms with van der Waals surface area (Å²) in [5.41, 5.74) is 2.91. The summed E-state index contributed by atoms with van der Waals surface area (Å²) in [5.74, 6) is 1.89. The largest absolute Gasteiger partial charge is 0.368 e. The van der Waals surface area contributed by atoms with Gasteiger partial charge in [-0.25, -0.2) is 0 Å². The molecule has 1 saturated carbocycles. The third kappa shape index (κ3) is 1.22. The lowest BCUT2D eigenvalue weighted by molar-refractivity contribution is 0.679. The summed E-state index contributed by atoms with van der Waals surface area (Å²) in [4.78, 5) is 0. The first-order chi connectivity index (χ1) is 6.95. The molecule has 0 saturated heterocycles. The number of hydrogen-bond donors (Lipinski definition) is 2. The number of rotatable bonds is 1. The van der Waals surface area contributed by atoms with Crippen molar-refractivity contribution in [3.63, 3.8) is 0 Å². The Bertz CT molecular complexity index is 323. The number of aromatic amines is 1. The number of aromatic nitrogens is 2. The number of fused-ring (bicyclic) bond motifs is 1. The molecule has 3 heteroatoms. The lowest BCUT2D eigenvalue weighted by Gasteiger charge is -2.15. The van der Waals surface area contributed by atoms with Gasteiger partial charge in [-0.3, -0.25) is 5.10 Å². The van der Waals surface area contributed by atoms with E-state index in [1.807, 2.05) is 0 Å². The van der Waals surface area contributed by atoms with Crippen molar-refractivity contribution in [1.29, 1.82) is 0 Å². The van der Waals surface area contributed by atoms with Crippen LogP contribution in [-0.2, 0) is 6.42 Å². The number of anilines is 1. The van der Waals surface area contributed by atoms with Crippen LogP contribution in [0.15, 0.2) is 0 Å². The smallest absolute Gasteiger partial charge is 0.151 e. The first-order valence-electron chi connectivity index (χ1n) is 5.76. The highest BCUT2D eigenvalue weighted by molar-refractivity contribution is 5.49. The molecule has 14 heavy (non-hydrogen) atoms. The minimum absolute atomic E-state index is 0.770. The molecule has 2 aliphatic rings. The second kappa shape index (κ2) is 3.30. The number of nitrogens with one attached hydrogen (secondary N) is 2. The Balaban J connectivity index is 1.93. The fourth-order valence-electron chi connectivity index (χ4n) is 2.80. The molecule has 2 heterocycles. The summed E-state index contributed by atoms with van der Waals surface area (Å²) >= 11 is 0. The van der Waals surface area contributed by atoms with Crippen molar-refractivity contribution in [3.8, 4) is 0 Å². The zero-order chi connectivity index (χ0) is 9.38. The van der Waals surface area contributed by atoms with Crippen LogP contribution >= 0.6 is 0 Å². The maximum Gasteiger partial charge on any atom is 0.151 e. The molecular formula is C11H17N3. The first-order valence-corrected chi connectivity index (χ1v) is 5.76. The molecule has 0 atom stereocenters. The number of nitrogens with zero attached hydrogens (tertiary/aromatic N) is 1. The van der Waals surface area contributed by atoms with Crippen LogP contribution in [0.5, 0.6) is 0 Å². The zero-order valence-electron chi connectivity index (χ0n) is 8.47. The van der Waals surface area contributed by atoms with Crippen molar-refractivity contribution in [3.05, 3.63) is 11.3 Å². The van der Waals surface area contributed by atoms with E-state index in [-0.39, 0.29) is 0 Å². The van der Waals surface area contributed by atoms with E-state index in [1.165, 1.54) is 49.8 Å². The van der Waals surface area contributed by atoms with Gasteiger partial charge >= 0.3 is 0 Å². The van der Waals surface area contributed by atoms with Crippen molar-refractivity contribution < 1.29 is 0 Å². The fraction of sp³-hybridized carbons (Fsp3) is 0.727. The minimum Gasteiger partial charge on any atom is -0.368 e. The summed E-state index contributed by atoms with van der Waals surface area (Å²) in [6.07, 6.45) is 7.97. The molecular weight excluding hydrogens is 174 g/mol. The Labute approximate surface area is 84.3 Å². The third-order valence-corrected chi connectivity index (χ3v) is 3.56. The van der Waals surface area contributed by atoms with Gasteiger partial charge in [0.1, 0.15) is 0 Å². The maximum absolute atomic E-state index is 4.37. The second-order valence-corrected chi connectivity index (χ2v) is 4.48. The van der Waals surface area contributed by atoms with Crippen molar-refractivity contribution in [1.82, 2.24) is 10.2 Å². The van der Waals surface area contributed by atoms with Gasteiger partial charge in [-0.15, -0.1) is 0 Å². The molecule has 2 N–H and O–H groups in total. The van der Waals surface area contributed by atoms with Crippen molar-refractivity contribution in [2.75, 3.05) is 11.9 Å². The maximum atomic E-state index is 4.37. The third-order valence-electron chi connectivity index (χ3n) is 3.56. The van der Waals surface area contributed by atoms with Gasteiger partial charge in [0.05, 0.1) is 0 Å². The minimum atomic E-state index is 0.770. The van der Waals surface area contributed by atoms with Crippen LogP contribution in [0.25, 0.3) is 0 Å². The quantitative estimate of drug-likeness (QED) is 0.715. The molecule has 0 unspecified atom stereocenters. The van der Waals surface area contributed by atoms with E-state index in [1.54, 1.807) is 0 Å². The standard InChI is InChI=1S/C11H17N3/c1-2-5-8(4-1)10-9-6-3-7-12-11(9)14-13-10/h8H,1-7H2,(H2,12,13,14). The van der Waals surface area contributed by atoms with Gasteiger partial charge in [-0.2, -0.15) is 5.10 Å². The van der Waals surface area contributed by atoms with Gasteiger partial charge in [0, 0.05) is 23.7 Å². The Morgan fingerprint density at radius 3 is 2.86 bits per heavy atom. The summed E-state index contributed by atoms with van der Waals surface area (Å²) in [7, 11) is 0. The van der Waals surface area contributed by atoms with Crippen molar-refractivity contribution >= 4 is 5.82 Å². The van der Waals surface area contributed by atoms with E-state index in [2.05, 4.69) is 15.5 Å². The van der Waals surface area contributed by atoms with Crippen molar-refractivity contribution in [2.45, 2.75) is 44.4 Å². The summed E-state index contributed by atoms with van der Waals surface area (Å²) < 4.78 is 0. The molecule has 1 fully saturated rings. The monoisotopic (exact) mass is 191 g/mol. The molecule has 1 aromatic heterocycles. The molecule has 0 amide bonds. The van der Waals surface area contributed by atoms with Crippen LogP contribution in [-0.4, -0.2) is 16.7 Å². The van der Waals surface area contributed by atoms with E-state index in [9.17, 15) is 0 Å². The second-order valence-electron chi connectivity index (χ2n) is 4.48. The molecule has 0 spiro atoms. The van der Waals surface area contributed by atoms with E-state index in [4.69, 9.17) is 0 Å². The van der Waals surface area contributed by atoms with Crippen LogP contribution in [0.2, 0.25) is 0 Å². The van der Waals surface area contributed by atoms with Crippen LogP contribution in [0.4, 0.5) is 5.82 Å². The highest BCUT2D eigenvalue weighted by atomic mass is 15.2. The fourth-order valence-corrected chi connectivity index (χ4v) is 2.80. The van der Waals surface area contributed by atoms with Crippen LogP contribution in [0, 0.1) is 0 Å². The molecule has 0 bridgehead atoms. The van der Waals surface area contributed by atoms with Crippen LogP contribution in [0.1, 0.15) is 49.3 Å². The van der Waals surface area contributed by atoms with Gasteiger partial charge < -0.3 is 5.32 Å². The lowest BCUT2D eigenvalue weighted by Crippen LogP contribution is -2.12. The predicted molar refractivity (Wildman–Crippen MR) is 56.6 cm³/mol. The lowest BCUT2D eigenvalue weighted by atomic mass is 9.96. The summed E-state index contributed by atoms with van der Waals surface area (Å²) in [6.45, 7) is 1.09. The SMILES string of the molecule is C1CNc2n[nH]c(C3CCCC3)c2C1. The van der Waals surface area contributed by atoms with Gasteiger partial charge in [0.25, 0.3) is 0 Å². The van der Waals surface area contributed by atoms with Gasteiger partial charge in [0.2, 0.25) is 0 Å². The Morgan fingerprint density at radius 1 is 1.14 bits per heavy atom. The van der Waals surface area contributed by atoms with Gasteiger partial charge in [0.15, 0.2) is 5.82 Å². The molecule has 3 rings (SSSR count). The van der Waals surface area contributed by atoms with E-state index in [0.717, 1.165) is 18.3 Å². The van der Waals surface area contributed by atoms with Gasteiger partial charge in [-0.05, 0) is 25.7 Å². The molecule has 3 nitrogen and oxygen atoms in total. The van der Waals surface area contributed by atoms with E-state index >= 15 is 0 Å². The molecule has 76 valence electrons. The molecule has 0 aromatic carbocycles. The first kappa shape index (κ1) is 8.33. The highest BCUT2D eigenvalue weighted by Gasteiger charge is 2.25. The Morgan fingerprint density at radius 2 is 2.00 bits per heavy atom. The van der Waals surface area contributed by atoms with Crippen LogP contribution in [0.3, 0.4) is 0 Å². The highest BCUT2D eigenvalue weighted by Crippen LogP contribution is 2.37. The van der Waals surface area contributed by atoms with Crippen molar-refractivity contribution in [2.24, 2.45) is 0 Å². The average Bonchev–Trinajstić information content (AvgIpc) is 2.85. The number of H-pyrrole nitrogens is 1. The summed E-state index contributed by atoms with van der Waals surface area (Å²) in [6, 6.07) is 0. The molecule has 0 radical (unpaired) electrons. The van der Waals surface area contributed by atoms with E-state index < -0.39 is 0 Å². The normalized spacial score (nSPS) is 22.0. The Hall–Kier alpha value is -0.990. The van der Waals surface area contributed by atoms with Crippen LogP contribution < -0.4 is 5.32 Å². The molecule has 1 aromatic rings. The summed E-state index contributed by atoms with van der Waals surface area (Å²) in [5, 5.41) is 11.0. The zero-order valence-corrected chi connectivity index (χ0v) is 8.47. The Kier molecular flexibility index (Phi) is 1.96. The van der Waals surface area contributed by atoms with E-state index in [0.29, 0.717) is 0 Å². The predicted octanol–water partition coefficient (Wildman–Crippen LogP) is 2.43. The average molecular weight is 191 g/mol. The topological polar surface area (TPSA) is 40.7 Å². The number of hydrogen-bond acceptors (Lipinski definition) is 2. The molecule has 1 aliphatic carbocycles.